The molecule has 49 heavy (non-hydrogen) atoms. The van der Waals surface area contributed by atoms with Gasteiger partial charge in [0.15, 0.2) is 0 Å². The van der Waals surface area contributed by atoms with Crippen LogP contribution in [0.25, 0.3) is 55.6 Å². The van der Waals surface area contributed by atoms with E-state index in [2.05, 4.69) is 41.7 Å². The zero-order valence-corrected chi connectivity index (χ0v) is 31.4. The average molecular weight is 851 g/mol. The average Bonchev–Trinajstić information content (AvgIpc) is 3.45. The van der Waals surface area contributed by atoms with Gasteiger partial charge in [-0.05, 0) is 73.0 Å². The molecule has 0 unspecified atom stereocenters. The number of nitrogens with zero attached hydrogens (tertiary/aromatic N) is 2. The summed E-state index contributed by atoms with van der Waals surface area (Å²) in [6.07, 6.45) is 2.88. The first-order valence-corrected chi connectivity index (χ1v) is 19.0. The summed E-state index contributed by atoms with van der Waals surface area (Å²) in [4.78, 5) is 8.70. The van der Waals surface area contributed by atoms with E-state index in [0.717, 1.165) is 38.2 Å². The maximum atomic E-state index is 14.8. The van der Waals surface area contributed by atoms with Crippen LogP contribution in [0.2, 0.25) is 19.6 Å². The van der Waals surface area contributed by atoms with Crippen molar-refractivity contribution in [2.45, 2.75) is 54.1 Å². The van der Waals surface area contributed by atoms with Gasteiger partial charge in [0.2, 0.25) is 0 Å². The molecule has 3 heterocycles. The molecule has 4 aromatic carbocycles. The molecular formula is C42H38F2IrN2OSi-2. The second-order valence-electron chi connectivity index (χ2n) is 13.0. The predicted octanol–water partition coefficient (Wildman–Crippen LogP) is 11.0. The number of hydrogen-bond acceptors (Lipinski definition) is 3. The molecule has 0 aliphatic rings. The minimum atomic E-state index is -2.22. The van der Waals surface area contributed by atoms with Crippen LogP contribution in [0.5, 0.6) is 0 Å². The van der Waals surface area contributed by atoms with Crippen LogP contribution in [0.1, 0.15) is 36.0 Å². The van der Waals surface area contributed by atoms with Crippen LogP contribution in [0.4, 0.5) is 8.78 Å². The molecule has 3 nitrogen and oxygen atoms in total. The maximum absolute atomic E-state index is 14.8. The van der Waals surface area contributed by atoms with Crippen molar-refractivity contribution < 1.29 is 41.5 Å². The Hall–Kier alpha value is -4.29. The fourth-order valence-corrected chi connectivity index (χ4v) is 7.39. The van der Waals surface area contributed by atoms with Crippen molar-refractivity contribution in [1.29, 1.82) is 0 Å². The third kappa shape index (κ3) is 7.50. The SMILES string of the molecule is Cc1cc(C)c(-c2cc(-c3[c-]ccc4c3oc3cc(F)ccc34)ncc2F)c(C)c1.[2H]C([2H])([2H])c1c[c-]c(-c2cc(C([2H])([2H])[2H])c([Si](C)(C)C)cn2)cc1.[Ir]. The van der Waals surface area contributed by atoms with Crippen LogP contribution in [-0.2, 0) is 20.1 Å². The van der Waals surface area contributed by atoms with Gasteiger partial charge in [0.05, 0.1) is 19.9 Å². The molecule has 7 aromatic rings. The molecular weight excluding hydrogens is 807 g/mol. The van der Waals surface area contributed by atoms with E-state index in [1.807, 2.05) is 39.0 Å². The van der Waals surface area contributed by atoms with Crippen molar-refractivity contribution in [3.8, 4) is 33.6 Å². The van der Waals surface area contributed by atoms with Crippen LogP contribution in [0.15, 0.2) is 89.6 Å². The Morgan fingerprint density at radius 1 is 0.755 bits per heavy atom. The molecule has 0 atom stereocenters. The Labute approximate surface area is 310 Å². The topological polar surface area (TPSA) is 38.9 Å². The minimum absolute atomic E-state index is 0. The summed E-state index contributed by atoms with van der Waals surface area (Å²) in [6, 6.07) is 26.1. The molecule has 0 aliphatic carbocycles. The second kappa shape index (κ2) is 14.3. The van der Waals surface area contributed by atoms with Crippen molar-refractivity contribution in [1.82, 2.24) is 9.97 Å². The number of rotatable bonds is 4. The van der Waals surface area contributed by atoms with Gasteiger partial charge in [-0.15, -0.1) is 53.6 Å². The third-order valence-electron chi connectivity index (χ3n) is 8.25. The molecule has 3 aromatic heterocycles. The maximum Gasteiger partial charge on any atom is 0.147 e. The van der Waals surface area contributed by atoms with Crippen LogP contribution in [-0.4, -0.2) is 18.0 Å². The van der Waals surface area contributed by atoms with Gasteiger partial charge in [-0.2, -0.15) is 0 Å². The predicted molar refractivity (Wildman–Crippen MR) is 196 cm³/mol. The monoisotopic (exact) mass is 851 g/mol. The van der Waals surface area contributed by atoms with Crippen molar-refractivity contribution >= 4 is 35.2 Å². The van der Waals surface area contributed by atoms with E-state index in [4.69, 9.17) is 12.6 Å². The summed E-state index contributed by atoms with van der Waals surface area (Å²) in [5.74, 6) is -0.743. The molecule has 0 saturated heterocycles. The van der Waals surface area contributed by atoms with Gasteiger partial charge < -0.3 is 14.4 Å². The molecule has 0 saturated carbocycles. The third-order valence-corrected chi connectivity index (χ3v) is 10.3. The van der Waals surface area contributed by atoms with E-state index in [1.165, 1.54) is 30.5 Å². The minimum Gasteiger partial charge on any atom is -0.500 e. The Kier molecular flexibility index (Phi) is 8.32. The quantitative estimate of drug-likeness (QED) is 0.131. The summed E-state index contributed by atoms with van der Waals surface area (Å²) in [6.45, 7) is 7.83. The Morgan fingerprint density at radius 2 is 1.51 bits per heavy atom. The van der Waals surface area contributed by atoms with E-state index >= 15 is 0 Å². The van der Waals surface area contributed by atoms with Crippen molar-refractivity contribution in [2.75, 3.05) is 0 Å². The molecule has 1 radical (unpaired) electrons. The van der Waals surface area contributed by atoms with Gasteiger partial charge in [0.1, 0.15) is 17.2 Å². The second-order valence-corrected chi connectivity index (χ2v) is 18.1. The van der Waals surface area contributed by atoms with E-state index in [1.54, 1.807) is 36.5 Å². The molecule has 251 valence electrons. The Balaban J connectivity index is 0.000000213. The normalized spacial score (nSPS) is 13.6. The van der Waals surface area contributed by atoms with Gasteiger partial charge >= 0.3 is 0 Å². The molecule has 0 bridgehead atoms. The molecule has 7 heteroatoms. The van der Waals surface area contributed by atoms with Gasteiger partial charge in [0, 0.05) is 51.5 Å². The van der Waals surface area contributed by atoms with Crippen molar-refractivity contribution in [3.05, 3.63) is 137 Å². The van der Waals surface area contributed by atoms with E-state index in [0.29, 0.717) is 44.8 Å². The number of furan rings is 1. The van der Waals surface area contributed by atoms with Crippen LogP contribution in [0.3, 0.4) is 0 Å². The number of halogens is 2. The fourth-order valence-electron chi connectivity index (χ4n) is 6.06. The first-order chi connectivity index (χ1) is 25.2. The first kappa shape index (κ1) is 28.5. The van der Waals surface area contributed by atoms with Crippen LogP contribution >= 0.6 is 0 Å². The molecule has 0 N–H and O–H groups in total. The molecule has 0 spiro atoms. The summed E-state index contributed by atoms with van der Waals surface area (Å²) in [5.41, 5.74) is 8.26. The van der Waals surface area contributed by atoms with E-state index in [9.17, 15) is 8.78 Å². The van der Waals surface area contributed by atoms with E-state index in [-0.39, 0.29) is 37.3 Å². The zero-order valence-electron chi connectivity index (χ0n) is 34.0. The first-order valence-electron chi connectivity index (χ1n) is 18.5. The summed E-state index contributed by atoms with van der Waals surface area (Å²) < 4.78 is 80.0. The largest absolute Gasteiger partial charge is 0.500 e. The number of benzene rings is 4. The molecule has 7 rings (SSSR count). The fraction of sp³-hybridized carbons (Fsp3) is 0.190. The van der Waals surface area contributed by atoms with Crippen molar-refractivity contribution in [2.24, 2.45) is 0 Å². The zero-order chi connectivity index (χ0) is 39.3. The van der Waals surface area contributed by atoms with Crippen LogP contribution in [0, 0.1) is 58.2 Å². The number of aryl methyl sites for hydroxylation is 5. The van der Waals surface area contributed by atoms with Gasteiger partial charge in [-0.25, -0.2) is 8.78 Å². The Bertz CT molecular complexity index is 2500. The summed E-state index contributed by atoms with van der Waals surface area (Å²) >= 11 is 0. The van der Waals surface area contributed by atoms with Gasteiger partial charge in [-0.3, -0.25) is 0 Å². The smallest absolute Gasteiger partial charge is 0.147 e. The molecule has 0 amide bonds. The molecule has 0 aliphatic heterocycles. The van der Waals surface area contributed by atoms with Crippen LogP contribution < -0.4 is 5.19 Å². The van der Waals surface area contributed by atoms with Gasteiger partial charge in [-0.1, -0.05) is 72.8 Å². The summed E-state index contributed by atoms with van der Waals surface area (Å²) in [5, 5.41) is 2.47. The number of fused-ring (bicyclic) bond motifs is 3. The number of hydrogen-bond donors (Lipinski definition) is 0. The number of aromatic nitrogens is 2. The number of pyridine rings is 2. The standard InChI is InChI=1S/C26H18F2NO.C16H20NSi.Ir/c1-14-9-15(2)25(16(3)10-14)21-12-23(29-13-22(21)28)20-6-4-5-19-18-8-7-17(27)11-24(18)30-26(19)20;1-12-6-8-14(9-7-12)15-10-13(2)16(11-17-15)18(3,4)5;/h4-5,7-13H,1-3H3;6-8,10-11H,1-5H3;/q2*-1;/i;1D3,2D3;. The van der Waals surface area contributed by atoms with Crippen molar-refractivity contribution in [3.63, 3.8) is 0 Å². The van der Waals surface area contributed by atoms with E-state index < -0.39 is 21.8 Å². The molecule has 0 fully saturated rings. The summed E-state index contributed by atoms with van der Waals surface area (Å²) in [7, 11) is -1.85. The Morgan fingerprint density at radius 3 is 2.18 bits per heavy atom. The van der Waals surface area contributed by atoms with Gasteiger partial charge in [0.25, 0.3) is 0 Å².